The van der Waals surface area contributed by atoms with Crippen molar-refractivity contribution in [2.45, 2.75) is 24.8 Å². The van der Waals surface area contributed by atoms with Crippen LogP contribution >= 0.6 is 11.8 Å². The van der Waals surface area contributed by atoms with Gasteiger partial charge in [0.05, 0.1) is 5.75 Å². The van der Waals surface area contributed by atoms with Crippen LogP contribution in [0.15, 0.2) is 40.0 Å². The van der Waals surface area contributed by atoms with Crippen LogP contribution in [0.5, 0.6) is 0 Å². The number of benzene rings is 1. The van der Waals surface area contributed by atoms with E-state index in [1.165, 1.54) is 23.9 Å². The van der Waals surface area contributed by atoms with Gasteiger partial charge in [0.2, 0.25) is 11.7 Å². The summed E-state index contributed by atoms with van der Waals surface area (Å²) >= 11 is 1.43. The fourth-order valence-corrected chi connectivity index (χ4v) is 3.27. The number of aryl methyl sites for hydroxylation is 2. The Hall–Kier alpha value is -2.81. The summed E-state index contributed by atoms with van der Waals surface area (Å²) in [6.07, 6.45) is 0. The number of fused-ring (bicyclic) bond motifs is 1. The van der Waals surface area contributed by atoms with E-state index >= 15 is 0 Å². The molecule has 126 valence electrons. The van der Waals surface area contributed by atoms with Gasteiger partial charge in [0.15, 0.2) is 5.16 Å². The Bertz CT molecular complexity index is 1040. The molecule has 9 heteroatoms. The van der Waals surface area contributed by atoms with Crippen molar-refractivity contribution in [3.8, 4) is 11.4 Å². The maximum atomic E-state index is 13.0. The summed E-state index contributed by atoms with van der Waals surface area (Å²) in [6, 6.07) is 7.92. The first-order valence-electron chi connectivity index (χ1n) is 7.51. The first kappa shape index (κ1) is 15.7. The van der Waals surface area contributed by atoms with Gasteiger partial charge in [-0.05, 0) is 44.2 Å². The molecule has 0 radical (unpaired) electrons. The predicted molar refractivity (Wildman–Crippen MR) is 89.5 cm³/mol. The third kappa shape index (κ3) is 3.10. The highest BCUT2D eigenvalue weighted by Crippen LogP contribution is 2.23. The molecule has 1 aromatic carbocycles. The van der Waals surface area contributed by atoms with Gasteiger partial charge in [-0.1, -0.05) is 16.9 Å². The van der Waals surface area contributed by atoms with Gasteiger partial charge in [-0.15, -0.1) is 10.2 Å². The second-order valence-corrected chi connectivity index (χ2v) is 6.41. The molecule has 0 N–H and O–H groups in total. The predicted octanol–water partition coefficient (Wildman–Crippen LogP) is 3.22. The summed E-state index contributed by atoms with van der Waals surface area (Å²) < 4.78 is 20.1. The minimum Gasteiger partial charge on any atom is -0.338 e. The van der Waals surface area contributed by atoms with Gasteiger partial charge < -0.3 is 4.52 Å². The highest BCUT2D eigenvalue weighted by atomic mass is 32.2. The Morgan fingerprint density at radius 1 is 1.12 bits per heavy atom. The van der Waals surface area contributed by atoms with Crippen molar-refractivity contribution in [2.24, 2.45) is 0 Å². The summed E-state index contributed by atoms with van der Waals surface area (Å²) in [5, 5.41) is 12.9. The number of hydrogen-bond acceptors (Lipinski definition) is 7. The molecule has 4 aromatic rings. The lowest BCUT2D eigenvalue weighted by atomic mass is 10.2. The molecule has 0 saturated heterocycles. The van der Waals surface area contributed by atoms with Crippen molar-refractivity contribution in [3.05, 3.63) is 53.4 Å². The van der Waals surface area contributed by atoms with Gasteiger partial charge in [-0.3, -0.25) is 4.40 Å². The lowest BCUT2D eigenvalue weighted by Gasteiger charge is -2.02. The molecule has 0 amide bonds. The van der Waals surface area contributed by atoms with Gasteiger partial charge >= 0.3 is 0 Å². The van der Waals surface area contributed by atoms with Gasteiger partial charge in [-0.2, -0.15) is 4.98 Å². The van der Waals surface area contributed by atoms with Crippen LogP contribution in [0.1, 0.15) is 17.3 Å². The maximum Gasteiger partial charge on any atom is 0.256 e. The van der Waals surface area contributed by atoms with Gasteiger partial charge in [0.1, 0.15) is 5.82 Å². The van der Waals surface area contributed by atoms with Crippen molar-refractivity contribution in [1.82, 2.24) is 29.7 Å². The van der Waals surface area contributed by atoms with E-state index < -0.39 is 0 Å². The number of nitrogens with zero attached hydrogens (tertiary/aromatic N) is 6. The number of aromatic nitrogens is 6. The fraction of sp³-hybridized carbons (Fsp3) is 0.188. The van der Waals surface area contributed by atoms with E-state index in [-0.39, 0.29) is 5.82 Å². The molecule has 4 rings (SSSR count). The van der Waals surface area contributed by atoms with Crippen LogP contribution in [0.4, 0.5) is 4.39 Å². The van der Waals surface area contributed by atoms with Crippen LogP contribution in [-0.2, 0) is 5.75 Å². The Labute approximate surface area is 146 Å². The molecule has 0 saturated carbocycles. The molecule has 0 unspecified atom stereocenters. The monoisotopic (exact) mass is 356 g/mol. The van der Waals surface area contributed by atoms with Crippen LogP contribution in [0.3, 0.4) is 0 Å². The molecule has 3 aromatic heterocycles. The first-order chi connectivity index (χ1) is 12.1. The van der Waals surface area contributed by atoms with E-state index in [0.717, 1.165) is 11.4 Å². The third-order valence-corrected chi connectivity index (χ3v) is 4.47. The van der Waals surface area contributed by atoms with Gasteiger partial charge in [-0.25, -0.2) is 9.37 Å². The molecule has 0 bridgehead atoms. The second-order valence-electron chi connectivity index (χ2n) is 5.46. The molecular formula is C16H13FN6OS. The largest absolute Gasteiger partial charge is 0.338 e. The van der Waals surface area contributed by atoms with E-state index in [1.807, 2.05) is 24.3 Å². The number of thioether (sulfide) groups is 1. The molecule has 0 aliphatic carbocycles. The van der Waals surface area contributed by atoms with Crippen LogP contribution in [-0.4, -0.2) is 29.7 Å². The zero-order chi connectivity index (χ0) is 17.4. The number of hydrogen-bond donors (Lipinski definition) is 0. The van der Waals surface area contributed by atoms with E-state index in [0.29, 0.717) is 34.0 Å². The molecule has 0 aliphatic heterocycles. The Morgan fingerprint density at radius 3 is 2.72 bits per heavy atom. The molecule has 0 spiro atoms. The molecule has 3 heterocycles. The topological polar surface area (TPSA) is 82.0 Å². The zero-order valence-electron chi connectivity index (χ0n) is 13.5. The van der Waals surface area contributed by atoms with E-state index in [2.05, 4.69) is 25.3 Å². The Balaban J connectivity index is 1.53. The van der Waals surface area contributed by atoms with Crippen LogP contribution in [0, 0.1) is 19.7 Å². The van der Waals surface area contributed by atoms with Gasteiger partial charge in [0, 0.05) is 17.0 Å². The van der Waals surface area contributed by atoms with Crippen molar-refractivity contribution in [2.75, 3.05) is 0 Å². The summed E-state index contributed by atoms with van der Waals surface area (Å²) in [4.78, 5) is 8.69. The van der Waals surface area contributed by atoms with Crippen molar-refractivity contribution in [1.29, 1.82) is 0 Å². The number of halogens is 1. The van der Waals surface area contributed by atoms with Crippen molar-refractivity contribution < 1.29 is 8.91 Å². The van der Waals surface area contributed by atoms with Gasteiger partial charge in [0.25, 0.3) is 5.78 Å². The summed E-state index contributed by atoms with van der Waals surface area (Å²) in [5.74, 6) is 1.59. The zero-order valence-corrected chi connectivity index (χ0v) is 14.3. The quantitative estimate of drug-likeness (QED) is 0.519. The second kappa shape index (κ2) is 6.25. The number of rotatable bonds is 4. The maximum absolute atomic E-state index is 13.0. The van der Waals surface area contributed by atoms with Crippen molar-refractivity contribution in [3.63, 3.8) is 0 Å². The Morgan fingerprint density at radius 2 is 1.92 bits per heavy atom. The lowest BCUT2D eigenvalue weighted by Crippen LogP contribution is -1.97. The van der Waals surface area contributed by atoms with Crippen LogP contribution in [0.25, 0.3) is 17.2 Å². The Kier molecular flexibility index (Phi) is 3.92. The molecule has 25 heavy (non-hydrogen) atoms. The summed E-state index contributed by atoms with van der Waals surface area (Å²) in [6.45, 7) is 3.90. The third-order valence-electron chi connectivity index (χ3n) is 3.56. The van der Waals surface area contributed by atoms with E-state index in [4.69, 9.17) is 4.52 Å². The average molecular weight is 356 g/mol. The highest BCUT2D eigenvalue weighted by Gasteiger charge is 2.13. The summed E-state index contributed by atoms with van der Waals surface area (Å²) in [7, 11) is 0. The standard InChI is InChI=1S/C16H13FN6OS/c1-9-7-10(2)23-15(18-9)20-21-16(23)25-8-13-19-14(22-24-13)11-3-5-12(17)6-4-11/h3-7H,8H2,1-2H3. The SMILES string of the molecule is Cc1cc(C)n2c(SCc3nc(-c4ccc(F)cc4)no3)nnc2n1. The first-order valence-corrected chi connectivity index (χ1v) is 8.49. The molecule has 0 aliphatic rings. The van der Waals surface area contributed by atoms with Crippen LogP contribution < -0.4 is 0 Å². The lowest BCUT2D eigenvalue weighted by molar-refractivity contribution is 0.391. The van der Waals surface area contributed by atoms with Crippen molar-refractivity contribution >= 4 is 17.5 Å². The summed E-state index contributed by atoms with van der Waals surface area (Å²) in [5.41, 5.74) is 2.60. The minimum absolute atomic E-state index is 0.305. The molecule has 7 nitrogen and oxygen atoms in total. The van der Waals surface area contributed by atoms with E-state index in [1.54, 1.807) is 12.1 Å². The van der Waals surface area contributed by atoms with Crippen LogP contribution in [0.2, 0.25) is 0 Å². The molecule has 0 fully saturated rings. The fourth-order valence-electron chi connectivity index (χ4n) is 2.45. The smallest absolute Gasteiger partial charge is 0.256 e. The molecule has 0 atom stereocenters. The highest BCUT2D eigenvalue weighted by molar-refractivity contribution is 7.98. The van der Waals surface area contributed by atoms with E-state index in [9.17, 15) is 4.39 Å². The average Bonchev–Trinajstić information content (AvgIpc) is 3.20. The minimum atomic E-state index is -0.305. The normalized spacial score (nSPS) is 11.3. The molecular weight excluding hydrogens is 343 g/mol.